The van der Waals surface area contributed by atoms with Crippen LogP contribution in [0.1, 0.15) is 309 Å². The number of hydrogen-bond donors (Lipinski definition) is 12. The van der Waals surface area contributed by atoms with Gasteiger partial charge in [-0.15, -0.1) is 0 Å². The van der Waals surface area contributed by atoms with Gasteiger partial charge in [0, 0.05) is 6.42 Å². The maximum absolute atomic E-state index is 13.5. The SMILES string of the molecule is CC/C=C\C/C=C\C/C=C\C/C=C\C/C=C\C/C=C\C/C=C\CCCCCCCCCCCC(=O)NC(COC1OC(CO)C(OC2OC(CO)C(OC3OC(CO)C(O)C(O)C3O)C(O)C2O)C(O)C1O)C(O)/C=C/CC/C=C/CC/C=C/CCCCCCCCCCCCCCCCCCCCCCCCC. The zero-order valence-corrected chi connectivity index (χ0v) is 67.5. The first-order chi connectivity index (χ1) is 53.3. The highest BCUT2D eigenvalue weighted by Gasteiger charge is 2.54. The average Bonchev–Trinajstić information content (AvgIpc) is 0.782. The van der Waals surface area contributed by atoms with E-state index in [0.717, 1.165) is 103 Å². The molecule has 0 aromatic heterocycles. The summed E-state index contributed by atoms with van der Waals surface area (Å²) >= 11 is 0. The third kappa shape index (κ3) is 47.6. The summed E-state index contributed by atoms with van der Waals surface area (Å²) in [5, 5.41) is 121. The first-order valence-corrected chi connectivity index (χ1v) is 43.3. The molecule has 0 spiro atoms. The van der Waals surface area contributed by atoms with Gasteiger partial charge >= 0.3 is 0 Å². The Morgan fingerprint density at radius 2 is 0.642 bits per heavy atom. The largest absolute Gasteiger partial charge is 0.394 e. The zero-order chi connectivity index (χ0) is 78.8. The molecule has 628 valence electrons. The van der Waals surface area contributed by atoms with Crippen LogP contribution in [0.2, 0.25) is 0 Å². The highest BCUT2D eigenvalue weighted by molar-refractivity contribution is 5.76. The van der Waals surface area contributed by atoms with Crippen molar-refractivity contribution in [1.82, 2.24) is 5.32 Å². The van der Waals surface area contributed by atoms with Crippen LogP contribution in [0.4, 0.5) is 0 Å². The predicted molar refractivity (Wildman–Crippen MR) is 438 cm³/mol. The summed E-state index contributed by atoms with van der Waals surface area (Å²) in [6.07, 6.45) is 70.5. The van der Waals surface area contributed by atoms with E-state index in [1.807, 2.05) is 6.08 Å². The van der Waals surface area contributed by atoms with Crippen LogP contribution in [0.15, 0.2) is 122 Å². The van der Waals surface area contributed by atoms with E-state index >= 15 is 0 Å². The minimum Gasteiger partial charge on any atom is -0.394 e. The van der Waals surface area contributed by atoms with Gasteiger partial charge in [0.25, 0.3) is 0 Å². The van der Waals surface area contributed by atoms with Crippen molar-refractivity contribution in [2.75, 3.05) is 26.4 Å². The molecular weight excluding hydrogens is 1380 g/mol. The number of aliphatic hydroxyl groups excluding tert-OH is 11. The fraction of sp³-hybridized carbons (Fsp3) is 0.767. The van der Waals surface area contributed by atoms with Gasteiger partial charge in [-0.1, -0.05) is 322 Å². The molecule has 0 saturated carbocycles. The summed E-state index contributed by atoms with van der Waals surface area (Å²) in [4.78, 5) is 13.5. The van der Waals surface area contributed by atoms with Crippen molar-refractivity contribution in [3.05, 3.63) is 122 Å². The molecule has 0 aromatic carbocycles. The number of unbranched alkanes of at least 4 members (excludes halogenated alkanes) is 34. The normalized spacial score (nSPS) is 25.9. The molecule has 109 heavy (non-hydrogen) atoms. The van der Waals surface area contributed by atoms with Gasteiger partial charge in [0.05, 0.1) is 38.6 Å². The number of carbonyl (C=O) groups is 1. The van der Waals surface area contributed by atoms with E-state index in [1.54, 1.807) is 6.08 Å². The van der Waals surface area contributed by atoms with Gasteiger partial charge in [0.1, 0.15) is 73.2 Å². The molecule has 1 amide bonds. The smallest absolute Gasteiger partial charge is 0.220 e. The maximum atomic E-state index is 13.5. The van der Waals surface area contributed by atoms with Gasteiger partial charge in [0.15, 0.2) is 18.9 Å². The Hall–Kier alpha value is -3.81. The van der Waals surface area contributed by atoms with Crippen LogP contribution in [0.5, 0.6) is 0 Å². The summed E-state index contributed by atoms with van der Waals surface area (Å²) in [7, 11) is 0. The fourth-order valence-electron chi connectivity index (χ4n) is 13.9. The molecule has 17 unspecified atom stereocenters. The van der Waals surface area contributed by atoms with Crippen molar-refractivity contribution in [1.29, 1.82) is 0 Å². The van der Waals surface area contributed by atoms with E-state index in [1.165, 1.54) is 173 Å². The third-order valence-corrected chi connectivity index (χ3v) is 20.7. The lowest BCUT2D eigenvalue weighted by atomic mass is 9.96. The van der Waals surface area contributed by atoms with Crippen molar-refractivity contribution in [3.63, 3.8) is 0 Å². The Kier molecular flexibility index (Phi) is 62.5. The molecule has 0 aliphatic carbocycles. The number of allylic oxidation sites excluding steroid dienone is 19. The molecule has 0 bridgehead atoms. The van der Waals surface area contributed by atoms with E-state index in [-0.39, 0.29) is 18.9 Å². The Morgan fingerprint density at radius 3 is 1.03 bits per heavy atom. The van der Waals surface area contributed by atoms with Crippen LogP contribution < -0.4 is 5.32 Å². The summed E-state index contributed by atoms with van der Waals surface area (Å²) in [6, 6.07) is -1.01. The van der Waals surface area contributed by atoms with Crippen molar-refractivity contribution in [2.45, 2.75) is 413 Å². The van der Waals surface area contributed by atoms with E-state index in [9.17, 15) is 61.0 Å². The van der Waals surface area contributed by atoms with Gasteiger partial charge in [0.2, 0.25) is 5.91 Å². The molecule has 3 rings (SSSR count). The lowest BCUT2D eigenvalue weighted by Crippen LogP contribution is -2.66. The summed E-state index contributed by atoms with van der Waals surface area (Å²) < 4.78 is 34.5. The number of rotatable bonds is 68. The monoisotopic (exact) mass is 1540 g/mol. The van der Waals surface area contributed by atoms with Crippen molar-refractivity contribution in [3.8, 4) is 0 Å². The Bertz CT molecular complexity index is 2440. The number of ether oxygens (including phenoxy) is 6. The second kappa shape index (κ2) is 68.6. The second-order valence-corrected chi connectivity index (χ2v) is 30.2. The molecular formula is C90H155NO18. The van der Waals surface area contributed by atoms with Gasteiger partial charge in [-0.25, -0.2) is 0 Å². The Balaban J connectivity index is 1.38. The summed E-state index contributed by atoms with van der Waals surface area (Å²) in [5.41, 5.74) is 0. The van der Waals surface area contributed by atoms with Gasteiger partial charge < -0.3 is 89.9 Å². The molecule has 17 atom stereocenters. The molecule has 3 heterocycles. The highest BCUT2D eigenvalue weighted by Crippen LogP contribution is 2.33. The van der Waals surface area contributed by atoms with Crippen molar-refractivity contribution in [2.24, 2.45) is 0 Å². The fourth-order valence-corrected chi connectivity index (χ4v) is 13.9. The van der Waals surface area contributed by atoms with E-state index in [4.69, 9.17) is 28.4 Å². The molecule has 0 aromatic rings. The summed E-state index contributed by atoms with van der Waals surface area (Å²) in [6.45, 7) is 1.61. The first-order valence-electron chi connectivity index (χ1n) is 43.3. The maximum Gasteiger partial charge on any atom is 0.220 e. The van der Waals surface area contributed by atoms with Gasteiger partial charge in [-0.3, -0.25) is 4.79 Å². The van der Waals surface area contributed by atoms with Crippen molar-refractivity contribution < 1.29 is 89.4 Å². The summed E-state index contributed by atoms with van der Waals surface area (Å²) in [5.74, 6) is -0.298. The number of amides is 1. The molecule has 19 heteroatoms. The molecule has 3 saturated heterocycles. The van der Waals surface area contributed by atoms with E-state index in [0.29, 0.717) is 12.8 Å². The topological polar surface area (TPSA) is 307 Å². The quantitative estimate of drug-likeness (QED) is 0.0199. The molecule has 3 aliphatic heterocycles. The van der Waals surface area contributed by atoms with Crippen LogP contribution in [-0.2, 0) is 33.2 Å². The number of hydrogen-bond acceptors (Lipinski definition) is 18. The minimum absolute atomic E-state index is 0.217. The van der Waals surface area contributed by atoms with Crippen LogP contribution >= 0.6 is 0 Å². The standard InChI is InChI=1S/C90H155NO18/c1-3-5-7-9-11-13-15-17-19-21-23-25-27-29-31-33-35-36-38-39-41-43-45-47-49-51-53-55-57-59-61-63-65-67-74(95)73(91-78(96)68-66-64-62-60-58-56-54-52-50-48-46-44-42-40-37-34-32-30-28-26-24-22-20-18-16-14-12-10-8-6-4-2)72-104-88-84(102)81(99)86(76(70-93)106-88)109-90-85(103)82(100)87(77(71-94)107-90)108-89-83(101)80(98)79(97)75(69-92)105-89/h6,8,12,14,18,20,24,26,30,32,37,40,44,46,49,51,57,59,65,67,73-77,79-90,92-95,97-103H,3-5,7,9-11,13,15-17,19,21-23,25,27-29,31,33-36,38-39,41-43,45,47-48,50,52-56,58,60-64,66,68-72H2,1-2H3,(H,91,96)/b8-6-,14-12-,20-18-,26-24-,32-30-,40-37-,46-44-,51-49+,59-57+,67-65+. The van der Waals surface area contributed by atoms with Gasteiger partial charge in [-0.05, 0) is 103 Å². The molecule has 19 nitrogen and oxygen atoms in total. The molecule has 12 N–H and O–H groups in total. The zero-order valence-electron chi connectivity index (χ0n) is 67.5. The third-order valence-electron chi connectivity index (χ3n) is 20.7. The molecule has 3 fully saturated rings. The molecule has 3 aliphatic rings. The van der Waals surface area contributed by atoms with Crippen LogP contribution in [0, 0.1) is 0 Å². The lowest BCUT2D eigenvalue weighted by Gasteiger charge is -2.48. The van der Waals surface area contributed by atoms with Crippen LogP contribution in [0.3, 0.4) is 0 Å². The van der Waals surface area contributed by atoms with E-state index in [2.05, 4.69) is 129 Å². The minimum atomic E-state index is -1.99. The number of carbonyl (C=O) groups excluding carboxylic acids is 1. The van der Waals surface area contributed by atoms with Crippen LogP contribution in [-0.4, -0.2) is 193 Å². The highest BCUT2D eigenvalue weighted by atomic mass is 16.8. The van der Waals surface area contributed by atoms with E-state index < -0.39 is 124 Å². The Morgan fingerprint density at radius 1 is 0.339 bits per heavy atom. The Labute approximate surface area is 658 Å². The lowest BCUT2D eigenvalue weighted by molar-refractivity contribution is -0.379. The van der Waals surface area contributed by atoms with Crippen molar-refractivity contribution >= 4 is 5.91 Å². The predicted octanol–water partition coefficient (Wildman–Crippen LogP) is 15.8. The van der Waals surface area contributed by atoms with Gasteiger partial charge in [-0.2, -0.15) is 0 Å². The molecule has 0 radical (unpaired) electrons. The average molecular weight is 1540 g/mol. The van der Waals surface area contributed by atoms with Crippen LogP contribution in [0.25, 0.3) is 0 Å². The number of nitrogens with one attached hydrogen (secondary N) is 1. The first kappa shape index (κ1) is 99.4. The number of aliphatic hydroxyl groups is 11. The second-order valence-electron chi connectivity index (χ2n) is 30.2.